The van der Waals surface area contributed by atoms with E-state index in [9.17, 15) is 10.4 Å². The summed E-state index contributed by atoms with van der Waals surface area (Å²) in [6, 6.07) is 9.74. The average Bonchev–Trinajstić information content (AvgIpc) is 2.36. The molecule has 0 aliphatic heterocycles. The van der Waals surface area contributed by atoms with E-state index in [1.807, 2.05) is 24.3 Å². The molecule has 1 aliphatic rings. The van der Waals surface area contributed by atoms with E-state index in [-0.39, 0.29) is 0 Å². The van der Waals surface area contributed by atoms with E-state index in [0.717, 1.165) is 37.0 Å². The van der Waals surface area contributed by atoms with Crippen LogP contribution in [0.5, 0.6) is 5.75 Å². The summed E-state index contributed by atoms with van der Waals surface area (Å²) < 4.78 is 5.55. The maximum atomic E-state index is 10.4. The second-order valence-corrected chi connectivity index (χ2v) is 4.94. The summed E-state index contributed by atoms with van der Waals surface area (Å²) in [5.74, 6) is 0.765. The van der Waals surface area contributed by atoms with Gasteiger partial charge in [-0.1, -0.05) is 25.5 Å². The molecule has 0 saturated heterocycles. The first-order chi connectivity index (χ1) is 8.72. The van der Waals surface area contributed by atoms with Crippen molar-refractivity contribution in [3.8, 4) is 11.8 Å². The van der Waals surface area contributed by atoms with Crippen LogP contribution in [0.2, 0.25) is 0 Å². The molecule has 1 aliphatic carbocycles. The zero-order valence-electron chi connectivity index (χ0n) is 10.7. The zero-order valence-corrected chi connectivity index (χ0v) is 10.7. The Hall–Kier alpha value is -1.53. The monoisotopic (exact) mass is 245 g/mol. The molecule has 2 rings (SSSR count). The number of aliphatic hydroxyl groups excluding tert-OH is 1. The Balaban J connectivity index is 2.15. The summed E-state index contributed by atoms with van der Waals surface area (Å²) in [6.45, 7) is 2.72. The predicted octanol–water partition coefficient (Wildman–Crippen LogP) is 3.20. The van der Waals surface area contributed by atoms with Gasteiger partial charge in [0.05, 0.1) is 24.2 Å². The summed E-state index contributed by atoms with van der Waals surface area (Å²) in [6.07, 6.45) is 2.84. The second kappa shape index (κ2) is 5.41. The van der Waals surface area contributed by atoms with Crippen molar-refractivity contribution in [2.45, 2.75) is 38.7 Å². The molecule has 1 aromatic carbocycles. The highest BCUT2D eigenvalue weighted by atomic mass is 16.5. The standard InChI is InChI=1S/C15H19NO2/c1-2-9-18-13-6-3-5-12(10-13)14(17)15(11-16)7-4-8-15/h3,5-6,10,14,17H,2,4,7-9H2,1H3. The fraction of sp³-hybridized carbons (Fsp3) is 0.533. The number of hydrogen-bond donors (Lipinski definition) is 1. The quantitative estimate of drug-likeness (QED) is 0.866. The third kappa shape index (κ3) is 2.34. The first kappa shape index (κ1) is 12.9. The molecule has 0 heterocycles. The van der Waals surface area contributed by atoms with Crippen LogP contribution in [0.3, 0.4) is 0 Å². The minimum Gasteiger partial charge on any atom is -0.494 e. The van der Waals surface area contributed by atoms with E-state index >= 15 is 0 Å². The molecule has 0 bridgehead atoms. The van der Waals surface area contributed by atoms with E-state index in [2.05, 4.69) is 13.0 Å². The van der Waals surface area contributed by atoms with Crippen molar-refractivity contribution >= 4 is 0 Å². The lowest BCUT2D eigenvalue weighted by Gasteiger charge is -2.39. The summed E-state index contributed by atoms with van der Waals surface area (Å²) in [7, 11) is 0. The van der Waals surface area contributed by atoms with Crippen molar-refractivity contribution < 1.29 is 9.84 Å². The van der Waals surface area contributed by atoms with Gasteiger partial charge in [-0.3, -0.25) is 0 Å². The number of nitriles is 1. The van der Waals surface area contributed by atoms with Gasteiger partial charge in [-0.15, -0.1) is 0 Å². The van der Waals surface area contributed by atoms with Crippen LogP contribution >= 0.6 is 0 Å². The van der Waals surface area contributed by atoms with E-state index in [0.29, 0.717) is 6.61 Å². The van der Waals surface area contributed by atoms with Crippen molar-refractivity contribution in [3.63, 3.8) is 0 Å². The molecule has 18 heavy (non-hydrogen) atoms. The molecule has 1 unspecified atom stereocenters. The SMILES string of the molecule is CCCOc1cccc(C(O)C2(C#N)CCC2)c1. The highest BCUT2D eigenvalue weighted by Gasteiger charge is 2.44. The Morgan fingerprint density at radius 3 is 2.83 bits per heavy atom. The first-order valence-corrected chi connectivity index (χ1v) is 6.54. The molecule has 3 nitrogen and oxygen atoms in total. The van der Waals surface area contributed by atoms with E-state index in [1.54, 1.807) is 0 Å². The fourth-order valence-electron chi connectivity index (χ4n) is 2.32. The maximum absolute atomic E-state index is 10.4. The highest BCUT2D eigenvalue weighted by Crippen LogP contribution is 2.49. The van der Waals surface area contributed by atoms with E-state index in [4.69, 9.17) is 4.74 Å². The van der Waals surface area contributed by atoms with Crippen molar-refractivity contribution in [1.29, 1.82) is 5.26 Å². The molecule has 0 aromatic heterocycles. The number of hydrogen-bond acceptors (Lipinski definition) is 3. The third-order valence-corrected chi connectivity index (χ3v) is 3.64. The number of nitrogens with zero attached hydrogens (tertiary/aromatic N) is 1. The molecule has 0 spiro atoms. The topological polar surface area (TPSA) is 53.2 Å². The van der Waals surface area contributed by atoms with Crippen molar-refractivity contribution in [1.82, 2.24) is 0 Å². The van der Waals surface area contributed by atoms with Crippen molar-refractivity contribution in [2.75, 3.05) is 6.61 Å². The van der Waals surface area contributed by atoms with Crippen LogP contribution in [0.1, 0.15) is 44.3 Å². The molecule has 1 fully saturated rings. The number of benzene rings is 1. The lowest BCUT2D eigenvalue weighted by molar-refractivity contribution is 0.00780. The Morgan fingerprint density at radius 1 is 1.50 bits per heavy atom. The average molecular weight is 245 g/mol. The molecular formula is C15H19NO2. The van der Waals surface area contributed by atoms with Gasteiger partial charge >= 0.3 is 0 Å². The lowest BCUT2D eigenvalue weighted by atomic mass is 9.65. The Labute approximate surface area is 108 Å². The van der Waals surface area contributed by atoms with Crippen LogP contribution in [-0.2, 0) is 0 Å². The van der Waals surface area contributed by atoms with Gasteiger partial charge in [-0.05, 0) is 37.0 Å². The highest BCUT2D eigenvalue weighted by molar-refractivity contribution is 5.32. The van der Waals surface area contributed by atoms with Crippen LogP contribution < -0.4 is 4.74 Å². The van der Waals surface area contributed by atoms with Crippen LogP contribution in [0.4, 0.5) is 0 Å². The van der Waals surface area contributed by atoms with E-state index in [1.165, 1.54) is 0 Å². The molecule has 1 aromatic rings. The molecule has 1 atom stereocenters. The second-order valence-electron chi connectivity index (χ2n) is 4.94. The summed E-state index contributed by atoms with van der Waals surface area (Å²) in [5.41, 5.74) is 0.202. The van der Waals surface area contributed by atoms with Gasteiger partial charge in [0.2, 0.25) is 0 Å². The first-order valence-electron chi connectivity index (χ1n) is 6.54. The zero-order chi connectivity index (χ0) is 13.0. The molecule has 3 heteroatoms. The largest absolute Gasteiger partial charge is 0.494 e. The normalized spacial score (nSPS) is 18.5. The van der Waals surface area contributed by atoms with Gasteiger partial charge < -0.3 is 9.84 Å². The molecule has 96 valence electrons. The molecule has 1 saturated carbocycles. The smallest absolute Gasteiger partial charge is 0.119 e. The minimum absolute atomic E-state index is 0.580. The van der Waals surface area contributed by atoms with Crippen LogP contribution in [0.15, 0.2) is 24.3 Å². The van der Waals surface area contributed by atoms with Crippen molar-refractivity contribution in [2.24, 2.45) is 5.41 Å². The Bertz CT molecular complexity index is 446. The maximum Gasteiger partial charge on any atom is 0.119 e. The van der Waals surface area contributed by atoms with Gasteiger partial charge in [-0.2, -0.15) is 5.26 Å². The molecule has 0 radical (unpaired) electrons. The fourth-order valence-corrected chi connectivity index (χ4v) is 2.32. The summed E-state index contributed by atoms with van der Waals surface area (Å²) in [4.78, 5) is 0. The third-order valence-electron chi connectivity index (χ3n) is 3.64. The van der Waals surface area contributed by atoms with Gasteiger partial charge in [-0.25, -0.2) is 0 Å². The van der Waals surface area contributed by atoms with Gasteiger partial charge in [0, 0.05) is 0 Å². The minimum atomic E-state index is -0.707. The van der Waals surface area contributed by atoms with Crippen molar-refractivity contribution in [3.05, 3.63) is 29.8 Å². The Kier molecular flexibility index (Phi) is 3.88. The summed E-state index contributed by atoms with van der Waals surface area (Å²) in [5, 5.41) is 19.6. The van der Waals surface area contributed by atoms with Gasteiger partial charge in [0.1, 0.15) is 5.75 Å². The number of aliphatic hydroxyl groups is 1. The van der Waals surface area contributed by atoms with Crippen LogP contribution in [0, 0.1) is 16.7 Å². The predicted molar refractivity (Wildman–Crippen MR) is 69.1 cm³/mol. The lowest BCUT2D eigenvalue weighted by Crippen LogP contribution is -2.34. The molecule has 1 N–H and O–H groups in total. The van der Waals surface area contributed by atoms with E-state index < -0.39 is 11.5 Å². The van der Waals surface area contributed by atoms with Gasteiger partial charge in [0.25, 0.3) is 0 Å². The molecular weight excluding hydrogens is 226 g/mol. The van der Waals surface area contributed by atoms with Gasteiger partial charge in [0.15, 0.2) is 0 Å². The Morgan fingerprint density at radius 2 is 2.28 bits per heavy atom. The number of ether oxygens (including phenoxy) is 1. The van der Waals surface area contributed by atoms with Crippen LogP contribution in [0.25, 0.3) is 0 Å². The molecule has 0 amide bonds. The number of rotatable bonds is 5. The van der Waals surface area contributed by atoms with Crippen LogP contribution in [-0.4, -0.2) is 11.7 Å². The summed E-state index contributed by atoms with van der Waals surface area (Å²) >= 11 is 0.